The van der Waals surface area contributed by atoms with E-state index in [-0.39, 0.29) is 8.65 Å². The first-order valence-electron chi connectivity index (χ1n) is 9.68. The minimum absolute atomic E-state index is 0.00777. The molecular formula is C21H36Br2. The van der Waals surface area contributed by atoms with Crippen LogP contribution in [0.4, 0.5) is 0 Å². The summed E-state index contributed by atoms with van der Waals surface area (Å²) in [4.78, 5) is 0. The molecule has 2 unspecified atom stereocenters. The van der Waals surface area contributed by atoms with Crippen LogP contribution in [0.2, 0.25) is 0 Å². The van der Waals surface area contributed by atoms with E-state index in [1.54, 1.807) is 0 Å². The third kappa shape index (κ3) is 7.06. The third-order valence-corrected chi connectivity index (χ3v) is 8.03. The van der Waals surface area contributed by atoms with Crippen molar-refractivity contribution in [1.82, 2.24) is 0 Å². The monoisotopic (exact) mass is 446 g/mol. The van der Waals surface area contributed by atoms with Crippen molar-refractivity contribution in [2.45, 2.75) is 94.6 Å². The molecule has 0 nitrogen and oxygen atoms in total. The van der Waals surface area contributed by atoms with Gasteiger partial charge in [0, 0.05) is 5.41 Å². The maximum atomic E-state index is 3.99. The molecule has 0 bridgehead atoms. The van der Waals surface area contributed by atoms with Crippen molar-refractivity contribution in [2.75, 3.05) is 0 Å². The number of rotatable bonds is 12. The predicted molar refractivity (Wildman–Crippen MR) is 113 cm³/mol. The lowest BCUT2D eigenvalue weighted by Gasteiger charge is -2.44. The van der Waals surface area contributed by atoms with Crippen molar-refractivity contribution in [3.8, 4) is 0 Å². The molecule has 0 radical (unpaired) electrons. The van der Waals surface area contributed by atoms with E-state index in [9.17, 15) is 0 Å². The highest BCUT2D eigenvalue weighted by molar-refractivity contribution is 9.25. The molecule has 0 aromatic carbocycles. The Kier molecular flexibility index (Phi) is 10.4. The molecule has 0 aromatic rings. The first-order chi connectivity index (χ1) is 10.9. The van der Waals surface area contributed by atoms with Gasteiger partial charge in [0.1, 0.15) is 0 Å². The Balaban J connectivity index is 2.15. The van der Waals surface area contributed by atoms with Crippen LogP contribution in [-0.4, -0.2) is 3.23 Å². The molecule has 0 amide bonds. The van der Waals surface area contributed by atoms with Crippen molar-refractivity contribution in [1.29, 1.82) is 0 Å². The predicted octanol–water partition coefficient (Wildman–Crippen LogP) is 8.55. The van der Waals surface area contributed by atoms with Crippen LogP contribution in [-0.2, 0) is 0 Å². The average molecular weight is 448 g/mol. The minimum atomic E-state index is 0.00777. The van der Waals surface area contributed by atoms with E-state index < -0.39 is 0 Å². The molecular weight excluding hydrogens is 412 g/mol. The summed E-state index contributed by atoms with van der Waals surface area (Å²) in [5.41, 5.74) is 0.140. The van der Waals surface area contributed by atoms with Crippen molar-refractivity contribution in [3.63, 3.8) is 0 Å². The summed E-state index contributed by atoms with van der Waals surface area (Å²) >= 11 is 7.98. The fraction of sp³-hybridized carbons (Fsp3) is 0.810. The van der Waals surface area contributed by atoms with Crippen LogP contribution in [0, 0.1) is 11.3 Å². The number of hydrogen-bond acceptors (Lipinski definition) is 0. The number of halogens is 2. The molecule has 2 heteroatoms. The first kappa shape index (κ1) is 21.5. The van der Waals surface area contributed by atoms with Gasteiger partial charge < -0.3 is 0 Å². The Labute approximate surface area is 161 Å². The molecule has 0 saturated carbocycles. The van der Waals surface area contributed by atoms with E-state index in [2.05, 4.69) is 76.9 Å². The Bertz CT molecular complexity index is 370. The van der Waals surface area contributed by atoms with Gasteiger partial charge in [0.25, 0.3) is 0 Å². The molecule has 1 aliphatic rings. The molecule has 1 rings (SSSR count). The highest BCUT2D eigenvalue weighted by Gasteiger charge is 2.45. The SMILES string of the molecule is CCCCCCCCCCCCC(Br)(Br)C1(C)C=CC=CC1C. The Hall–Kier alpha value is 0.440. The minimum Gasteiger partial charge on any atom is -0.0808 e. The van der Waals surface area contributed by atoms with Gasteiger partial charge in [-0.05, 0) is 12.3 Å². The number of alkyl halides is 2. The molecule has 0 N–H and O–H groups in total. The van der Waals surface area contributed by atoms with Crippen molar-refractivity contribution < 1.29 is 0 Å². The quantitative estimate of drug-likeness (QED) is 0.207. The van der Waals surface area contributed by atoms with Crippen LogP contribution in [0.25, 0.3) is 0 Å². The zero-order valence-electron chi connectivity index (χ0n) is 15.4. The van der Waals surface area contributed by atoms with Crippen molar-refractivity contribution in [3.05, 3.63) is 24.3 Å². The highest BCUT2D eigenvalue weighted by Crippen LogP contribution is 2.54. The zero-order valence-corrected chi connectivity index (χ0v) is 18.6. The molecule has 1 aliphatic carbocycles. The largest absolute Gasteiger partial charge is 0.0898 e. The Morgan fingerprint density at radius 1 is 0.870 bits per heavy atom. The summed E-state index contributed by atoms with van der Waals surface area (Å²) in [5, 5.41) is 0. The second kappa shape index (κ2) is 11.1. The first-order valence-corrected chi connectivity index (χ1v) is 11.3. The van der Waals surface area contributed by atoms with E-state index >= 15 is 0 Å². The van der Waals surface area contributed by atoms with Gasteiger partial charge in [-0.25, -0.2) is 0 Å². The summed E-state index contributed by atoms with van der Waals surface area (Å²) < 4.78 is 0.00777. The van der Waals surface area contributed by atoms with Gasteiger partial charge in [0.15, 0.2) is 0 Å². The second-order valence-electron chi connectivity index (χ2n) is 7.45. The van der Waals surface area contributed by atoms with E-state index in [1.165, 1.54) is 70.6 Å². The van der Waals surface area contributed by atoms with Gasteiger partial charge in [0.05, 0.1) is 3.23 Å². The van der Waals surface area contributed by atoms with Crippen LogP contribution in [0.5, 0.6) is 0 Å². The van der Waals surface area contributed by atoms with E-state index in [0.29, 0.717) is 5.92 Å². The van der Waals surface area contributed by atoms with Gasteiger partial charge >= 0.3 is 0 Å². The van der Waals surface area contributed by atoms with E-state index in [1.807, 2.05) is 0 Å². The lowest BCUT2D eigenvalue weighted by atomic mass is 9.72. The molecule has 0 spiro atoms. The standard InChI is InChI=1S/C21H36Br2/c1-4-5-6-7-8-9-10-11-12-14-18-21(22,23)20(3)17-15-13-16-19(20)2/h13,15-17,19H,4-12,14,18H2,1-3H3. The van der Waals surface area contributed by atoms with Crippen LogP contribution < -0.4 is 0 Å². The average Bonchev–Trinajstić information content (AvgIpc) is 2.52. The van der Waals surface area contributed by atoms with Gasteiger partial charge in [-0.3, -0.25) is 0 Å². The molecule has 134 valence electrons. The lowest BCUT2D eigenvalue weighted by molar-refractivity contribution is 0.287. The number of unbranched alkanes of at least 4 members (excludes halogenated alkanes) is 9. The zero-order chi connectivity index (χ0) is 17.2. The van der Waals surface area contributed by atoms with Crippen LogP contribution in [0.3, 0.4) is 0 Å². The van der Waals surface area contributed by atoms with Gasteiger partial charge in [-0.1, -0.05) is 141 Å². The maximum Gasteiger partial charge on any atom is 0.0898 e. The van der Waals surface area contributed by atoms with Crippen LogP contribution >= 0.6 is 31.9 Å². The van der Waals surface area contributed by atoms with E-state index in [0.717, 1.165) is 0 Å². The number of hydrogen-bond donors (Lipinski definition) is 0. The Morgan fingerprint density at radius 2 is 1.39 bits per heavy atom. The van der Waals surface area contributed by atoms with Crippen LogP contribution in [0.1, 0.15) is 91.4 Å². The topological polar surface area (TPSA) is 0 Å². The van der Waals surface area contributed by atoms with Crippen LogP contribution in [0.15, 0.2) is 24.3 Å². The smallest absolute Gasteiger partial charge is 0.0808 e. The summed E-state index contributed by atoms with van der Waals surface area (Å²) in [6.07, 6.45) is 24.2. The van der Waals surface area contributed by atoms with Gasteiger partial charge in [-0.15, -0.1) is 0 Å². The number of allylic oxidation sites excluding steroid dienone is 4. The molecule has 0 aromatic heterocycles. The molecule has 2 atom stereocenters. The Morgan fingerprint density at radius 3 is 1.91 bits per heavy atom. The summed E-state index contributed by atoms with van der Waals surface area (Å²) in [6, 6.07) is 0. The summed E-state index contributed by atoms with van der Waals surface area (Å²) in [6.45, 7) is 6.96. The second-order valence-corrected chi connectivity index (χ2v) is 11.2. The summed E-state index contributed by atoms with van der Waals surface area (Å²) in [5.74, 6) is 0.550. The third-order valence-electron chi connectivity index (χ3n) is 5.53. The molecule has 0 aliphatic heterocycles. The molecule has 0 fully saturated rings. The summed E-state index contributed by atoms with van der Waals surface area (Å²) in [7, 11) is 0. The van der Waals surface area contributed by atoms with Crippen molar-refractivity contribution >= 4 is 31.9 Å². The lowest BCUT2D eigenvalue weighted by Crippen LogP contribution is -2.40. The van der Waals surface area contributed by atoms with E-state index in [4.69, 9.17) is 0 Å². The van der Waals surface area contributed by atoms with Gasteiger partial charge in [-0.2, -0.15) is 0 Å². The van der Waals surface area contributed by atoms with Crippen molar-refractivity contribution in [2.24, 2.45) is 11.3 Å². The van der Waals surface area contributed by atoms with Gasteiger partial charge in [0.2, 0.25) is 0 Å². The molecule has 23 heavy (non-hydrogen) atoms. The highest BCUT2D eigenvalue weighted by atomic mass is 79.9. The molecule has 0 heterocycles. The fourth-order valence-electron chi connectivity index (χ4n) is 3.40. The molecule has 0 saturated heterocycles. The maximum absolute atomic E-state index is 3.99. The fourth-order valence-corrected chi connectivity index (χ4v) is 4.94. The normalized spacial score (nSPS) is 24.3.